The molecule has 7 heteroatoms. The Hall–Kier alpha value is -2.41. The maximum atomic E-state index is 12.3. The molecule has 1 aromatic carbocycles. The van der Waals surface area contributed by atoms with E-state index in [4.69, 9.17) is 9.47 Å². The first-order chi connectivity index (χ1) is 11.1. The molecule has 0 aliphatic carbocycles. The topological polar surface area (TPSA) is 90.9 Å². The van der Waals surface area contributed by atoms with Gasteiger partial charge in [0.25, 0.3) is 0 Å². The molecule has 0 bridgehead atoms. The molecule has 1 aliphatic rings. The molecule has 7 nitrogen and oxygen atoms in total. The van der Waals surface area contributed by atoms with Gasteiger partial charge in [0, 0.05) is 19.1 Å². The summed E-state index contributed by atoms with van der Waals surface area (Å²) in [7, 11) is 2.51. The maximum Gasteiger partial charge on any atom is 0.339 e. The number of anilines is 1. The van der Waals surface area contributed by atoms with E-state index in [1.165, 1.54) is 32.4 Å². The van der Waals surface area contributed by atoms with Crippen molar-refractivity contribution in [3.05, 3.63) is 29.3 Å². The van der Waals surface area contributed by atoms with Gasteiger partial charge in [-0.1, -0.05) is 0 Å². The first-order valence-corrected chi connectivity index (χ1v) is 7.26. The molecule has 1 aliphatic heterocycles. The molecule has 1 N–H and O–H groups in total. The highest BCUT2D eigenvalue weighted by atomic mass is 16.5. The lowest BCUT2D eigenvalue weighted by Crippen LogP contribution is -2.29. The zero-order chi connectivity index (χ0) is 16.8. The number of esters is 2. The van der Waals surface area contributed by atoms with Crippen LogP contribution in [0.3, 0.4) is 0 Å². The van der Waals surface area contributed by atoms with E-state index in [0.717, 1.165) is 0 Å². The fourth-order valence-electron chi connectivity index (χ4n) is 2.38. The second kappa shape index (κ2) is 7.73. The molecule has 0 radical (unpaired) electrons. The number of carbonyl (C=O) groups is 3. The van der Waals surface area contributed by atoms with Crippen LogP contribution in [0.4, 0.5) is 5.69 Å². The summed E-state index contributed by atoms with van der Waals surface area (Å²) in [5.74, 6) is -1.54. The molecule has 0 unspecified atom stereocenters. The van der Waals surface area contributed by atoms with Crippen LogP contribution in [-0.2, 0) is 19.0 Å². The Morgan fingerprint density at radius 1 is 1.09 bits per heavy atom. The summed E-state index contributed by atoms with van der Waals surface area (Å²) in [6.45, 7) is 1.06. The highest BCUT2D eigenvalue weighted by Gasteiger charge is 2.24. The van der Waals surface area contributed by atoms with Crippen molar-refractivity contribution >= 4 is 23.5 Å². The van der Waals surface area contributed by atoms with E-state index in [0.29, 0.717) is 26.1 Å². The normalized spacial score (nSPS) is 14.9. The van der Waals surface area contributed by atoms with Gasteiger partial charge in [0.1, 0.15) is 0 Å². The molecule has 1 heterocycles. The highest BCUT2D eigenvalue weighted by molar-refractivity contribution is 6.03. The average Bonchev–Trinajstić information content (AvgIpc) is 2.61. The van der Waals surface area contributed by atoms with E-state index < -0.39 is 11.9 Å². The van der Waals surface area contributed by atoms with Crippen LogP contribution in [0.1, 0.15) is 33.6 Å². The zero-order valence-electron chi connectivity index (χ0n) is 13.1. The van der Waals surface area contributed by atoms with Gasteiger partial charge in [-0.2, -0.15) is 0 Å². The maximum absolute atomic E-state index is 12.3. The molecule has 1 saturated heterocycles. The van der Waals surface area contributed by atoms with Crippen LogP contribution in [0.15, 0.2) is 18.2 Å². The number of hydrogen-bond acceptors (Lipinski definition) is 6. The number of rotatable bonds is 4. The van der Waals surface area contributed by atoms with Crippen LogP contribution >= 0.6 is 0 Å². The lowest BCUT2D eigenvalue weighted by molar-refractivity contribution is -0.122. The fraction of sp³-hybridized carbons (Fsp3) is 0.438. The number of hydrogen-bond donors (Lipinski definition) is 1. The van der Waals surface area contributed by atoms with Gasteiger partial charge < -0.3 is 19.5 Å². The largest absolute Gasteiger partial charge is 0.465 e. The van der Waals surface area contributed by atoms with Gasteiger partial charge >= 0.3 is 11.9 Å². The van der Waals surface area contributed by atoms with Crippen molar-refractivity contribution in [1.82, 2.24) is 0 Å². The SMILES string of the molecule is COC(=O)c1ccc(C(=O)OC)c(NC(=O)C2CCOCC2)c1. The van der Waals surface area contributed by atoms with Crippen molar-refractivity contribution in [2.75, 3.05) is 32.8 Å². The van der Waals surface area contributed by atoms with E-state index >= 15 is 0 Å². The quantitative estimate of drug-likeness (QED) is 0.848. The molecule has 1 amide bonds. The van der Waals surface area contributed by atoms with E-state index in [1.807, 2.05) is 0 Å². The van der Waals surface area contributed by atoms with Gasteiger partial charge in [0.15, 0.2) is 0 Å². The van der Waals surface area contributed by atoms with Crippen LogP contribution in [0.25, 0.3) is 0 Å². The number of ether oxygens (including phenoxy) is 3. The summed E-state index contributed by atoms with van der Waals surface area (Å²) in [6, 6.07) is 4.29. The van der Waals surface area contributed by atoms with Crippen LogP contribution in [0.2, 0.25) is 0 Å². The Labute approximate surface area is 133 Å². The van der Waals surface area contributed by atoms with Gasteiger partial charge in [-0.3, -0.25) is 4.79 Å². The summed E-state index contributed by atoms with van der Waals surface area (Å²) < 4.78 is 14.6. The predicted molar refractivity (Wildman–Crippen MR) is 81.3 cm³/mol. The van der Waals surface area contributed by atoms with E-state index in [2.05, 4.69) is 10.1 Å². The summed E-state index contributed by atoms with van der Waals surface area (Å²) in [6.07, 6.45) is 1.24. The number of methoxy groups -OCH3 is 2. The predicted octanol–water partition coefficient (Wildman–Crippen LogP) is 1.62. The van der Waals surface area contributed by atoms with Gasteiger partial charge in [-0.05, 0) is 31.0 Å². The molecular formula is C16H19NO6. The molecular weight excluding hydrogens is 302 g/mol. The Bertz CT molecular complexity index is 607. The lowest BCUT2D eigenvalue weighted by Gasteiger charge is -2.22. The monoisotopic (exact) mass is 321 g/mol. The number of amides is 1. The summed E-state index contributed by atoms with van der Waals surface area (Å²) in [4.78, 5) is 35.8. The molecule has 124 valence electrons. The highest BCUT2D eigenvalue weighted by Crippen LogP contribution is 2.23. The number of nitrogens with one attached hydrogen (secondary N) is 1. The van der Waals surface area contributed by atoms with Gasteiger partial charge in [-0.15, -0.1) is 0 Å². The second-order valence-corrected chi connectivity index (χ2v) is 5.12. The van der Waals surface area contributed by atoms with Crippen molar-refractivity contribution in [3.63, 3.8) is 0 Å². The summed E-state index contributed by atoms with van der Waals surface area (Å²) >= 11 is 0. The molecule has 0 saturated carbocycles. The number of carbonyl (C=O) groups excluding carboxylic acids is 3. The van der Waals surface area contributed by atoms with E-state index in [1.54, 1.807) is 0 Å². The minimum Gasteiger partial charge on any atom is -0.465 e. The Balaban J connectivity index is 2.27. The van der Waals surface area contributed by atoms with Gasteiger partial charge in [0.05, 0.1) is 31.0 Å². The van der Waals surface area contributed by atoms with Crippen LogP contribution in [-0.4, -0.2) is 45.3 Å². The van der Waals surface area contributed by atoms with Crippen molar-refractivity contribution in [3.8, 4) is 0 Å². The van der Waals surface area contributed by atoms with Crippen LogP contribution in [0, 0.1) is 5.92 Å². The van der Waals surface area contributed by atoms with Gasteiger partial charge in [-0.25, -0.2) is 9.59 Å². The first-order valence-electron chi connectivity index (χ1n) is 7.26. The first kappa shape index (κ1) is 17.0. The van der Waals surface area contributed by atoms with Crippen molar-refractivity contribution in [2.45, 2.75) is 12.8 Å². The molecule has 23 heavy (non-hydrogen) atoms. The lowest BCUT2D eigenvalue weighted by atomic mass is 9.99. The molecule has 0 aromatic heterocycles. The number of benzene rings is 1. The third kappa shape index (κ3) is 4.07. The Morgan fingerprint density at radius 3 is 2.35 bits per heavy atom. The minimum absolute atomic E-state index is 0.181. The minimum atomic E-state index is -0.594. The molecule has 0 atom stereocenters. The second-order valence-electron chi connectivity index (χ2n) is 5.12. The molecule has 1 fully saturated rings. The third-order valence-corrected chi connectivity index (χ3v) is 3.70. The zero-order valence-corrected chi connectivity index (χ0v) is 13.1. The summed E-state index contributed by atoms with van der Waals surface area (Å²) in [5, 5.41) is 2.71. The van der Waals surface area contributed by atoms with E-state index in [-0.39, 0.29) is 28.6 Å². The average molecular weight is 321 g/mol. The van der Waals surface area contributed by atoms with Crippen LogP contribution < -0.4 is 5.32 Å². The fourth-order valence-corrected chi connectivity index (χ4v) is 2.38. The van der Waals surface area contributed by atoms with Crippen molar-refractivity contribution in [2.24, 2.45) is 5.92 Å². The van der Waals surface area contributed by atoms with E-state index in [9.17, 15) is 14.4 Å². The summed E-state index contributed by atoms with van der Waals surface area (Å²) in [5.41, 5.74) is 0.652. The Kier molecular flexibility index (Phi) is 5.70. The standard InChI is InChI=1S/C16H19NO6/c1-21-15(19)11-3-4-12(16(20)22-2)13(9-11)17-14(18)10-5-7-23-8-6-10/h3-4,9-10H,5-8H2,1-2H3,(H,17,18). The van der Waals surface area contributed by atoms with Crippen molar-refractivity contribution in [1.29, 1.82) is 0 Å². The van der Waals surface area contributed by atoms with Gasteiger partial charge in [0.2, 0.25) is 5.91 Å². The van der Waals surface area contributed by atoms with Crippen LogP contribution in [0.5, 0.6) is 0 Å². The van der Waals surface area contributed by atoms with Crippen molar-refractivity contribution < 1.29 is 28.6 Å². The molecule has 2 rings (SSSR count). The molecule has 1 aromatic rings. The third-order valence-electron chi connectivity index (χ3n) is 3.70. The Morgan fingerprint density at radius 2 is 1.74 bits per heavy atom. The smallest absolute Gasteiger partial charge is 0.339 e. The molecule has 0 spiro atoms.